The molecule has 30 heavy (non-hydrogen) atoms. The Balaban J connectivity index is 1.66. The first kappa shape index (κ1) is 21.4. The van der Waals surface area contributed by atoms with Gasteiger partial charge in [0.05, 0.1) is 14.2 Å². The van der Waals surface area contributed by atoms with Crippen LogP contribution in [0, 0.1) is 0 Å². The zero-order valence-electron chi connectivity index (χ0n) is 17.3. The highest BCUT2D eigenvalue weighted by Crippen LogP contribution is 2.28. The molecule has 2 amide bonds. The van der Waals surface area contributed by atoms with Crippen molar-refractivity contribution in [1.82, 2.24) is 10.2 Å². The van der Waals surface area contributed by atoms with Crippen LogP contribution in [0.2, 0.25) is 0 Å². The summed E-state index contributed by atoms with van der Waals surface area (Å²) in [5, 5.41) is 6.16. The van der Waals surface area contributed by atoms with Gasteiger partial charge in [-0.2, -0.15) is 0 Å². The van der Waals surface area contributed by atoms with E-state index < -0.39 is 0 Å². The number of carbonyl (C=O) groups is 2. The summed E-state index contributed by atoms with van der Waals surface area (Å²) in [7, 11) is 3.07. The van der Waals surface area contributed by atoms with E-state index in [-0.39, 0.29) is 11.8 Å². The number of amides is 2. The van der Waals surface area contributed by atoms with E-state index in [9.17, 15) is 9.59 Å². The molecule has 1 aliphatic rings. The van der Waals surface area contributed by atoms with Crippen molar-refractivity contribution in [2.45, 2.75) is 6.42 Å². The molecule has 1 heterocycles. The van der Waals surface area contributed by atoms with Crippen LogP contribution in [0.15, 0.2) is 48.5 Å². The minimum absolute atomic E-state index is 0.00142. The third-order valence-corrected chi connectivity index (χ3v) is 4.86. The number of nitrogens with zero attached hydrogens (tertiary/aromatic N) is 1. The molecule has 7 heteroatoms. The third-order valence-electron chi connectivity index (χ3n) is 4.86. The molecule has 0 radical (unpaired) electrons. The number of nitrogens with one attached hydrogen (secondary N) is 2. The Morgan fingerprint density at radius 2 is 1.87 bits per heavy atom. The Morgan fingerprint density at radius 1 is 1.03 bits per heavy atom. The summed E-state index contributed by atoms with van der Waals surface area (Å²) in [4.78, 5) is 26.9. The molecule has 0 aliphatic carbocycles. The fourth-order valence-corrected chi connectivity index (χ4v) is 3.24. The summed E-state index contributed by atoms with van der Waals surface area (Å²) in [6, 6.07) is 12.4. The highest BCUT2D eigenvalue weighted by molar-refractivity contribution is 6.04. The number of benzene rings is 2. The van der Waals surface area contributed by atoms with Crippen molar-refractivity contribution in [3.8, 4) is 11.5 Å². The third kappa shape index (κ3) is 5.61. The fourth-order valence-electron chi connectivity index (χ4n) is 3.24. The summed E-state index contributed by atoms with van der Waals surface area (Å²) in [5.41, 5.74) is 1.93. The van der Waals surface area contributed by atoms with Crippen LogP contribution in [0.3, 0.4) is 0 Å². The molecule has 158 valence electrons. The fraction of sp³-hybridized carbons (Fsp3) is 0.304. The number of anilines is 1. The summed E-state index contributed by atoms with van der Waals surface area (Å²) in [6.07, 6.45) is 4.31. The number of ether oxygens (including phenoxy) is 2. The van der Waals surface area contributed by atoms with E-state index in [0.29, 0.717) is 29.3 Å². The molecule has 3 rings (SSSR count). The van der Waals surface area contributed by atoms with Crippen molar-refractivity contribution in [1.29, 1.82) is 0 Å². The SMILES string of the molecule is COc1ccc(C(=O)Nc2cccc(/C=C/C(=O)N3CCCNCC3)c2)cc1OC. The largest absolute Gasteiger partial charge is 0.493 e. The lowest BCUT2D eigenvalue weighted by molar-refractivity contribution is -0.125. The predicted molar refractivity (Wildman–Crippen MR) is 117 cm³/mol. The first-order valence-corrected chi connectivity index (χ1v) is 9.92. The predicted octanol–water partition coefficient (Wildman–Crippen LogP) is 2.79. The minimum Gasteiger partial charge on any atom is -0.493 e. The smallest absolute Gasteiger partial charge is 0.255 e. The molecule has 0 aromatic heterocycles. The van der Waals surface area contributed by atoms with Gasteiger partial charge in [0.25, 0.3) is 5.91 Å². The molecule has 0 atom stereocenters. The zero-order chi connectivity index (χ0) is 21.3. The Bertz CT molecular complexity index is 918. The number of carbonyl (C=O) groups excluding carboxylic acids is 2. The lowest BCUT2D eigenvalue weighted by atomic mass is 10.1. The molecule has 2 N–H and O–H groups in total. The van der Waals surface area contributed by atoms with Gasteiger partial charge in [0, 0.05) is 37.0 Å². The number of rotatable bonds is 6. The van der Waals surface area contributed by atoms with E-state index in [1.54, 1.807) is 43.5 Å². The van der Waals surface area contributed by atoms with E-state index in [4.69, 9.17) is 9.47 Å². The van der Waals surface area contributed by atoms with Gasteiger partial charge in [-0.3, -0.25) is 9.59 Å². The summed E-state index contributed by atoms with van der Waals surface area (Å²) in [6.45, 7) is 3.23. The molecule has 0 spiro atoms. The standard InChI is InChI=1S/C23H27N3O4/c1-29-20-9-8-18(16-21(20)30-2)23(28)25-19-6-3-5-17(15-19)7-10-22(27)26-13-4-11-24-12-14-26/h3,5-10,15-16,24H,4,11-14H2,1-2H3,(H,25,28)/b10-7+. The van der Waals surface area contributed by atoms with Gasteiger partial charge in [-0.15, -0.1) is 0 Å². The number of methoxy groups -OCH3 is 2. The van der Waals surface area contributed by atoms with Crippen molar-refractivity contribution in [3.63, 3.8) is 0 Å². The second-order valence-electron chi connectivity index (χ2n) is 6.91. The maximum atomic E-state index is 12.6. The topological polar surface area (TPSA) is 79.9 Å². The van der Waals surface area contributed by atoms with Gasteiger partial charge >= 0.3 is 0 Å². The van der Waals surface area contributed by atoms with E-state index >= 15 is 0 Å². The molecule has 7 nitrogen and oxygen atoms in total. The van der Waals surface area contributed by atoms with E-state index in [0.717, 1.165) is 31.6 Å². The highest BCUT2D eigenvalue weighted by atomic mass is 16.5. The zero-order valence-corrected chi connectivity index (χ0v) is 17.3. The summed E-state index contributed by atoms with van der Waals surface area (Å²) in [5.74, 6) is 0.791. The van der Waals surface area contributed by atoms with Crippen LogP contribution >= 0.6 is 0 Å². The first-order valence-electron chi connectivity index (χ1n) is 9.92. The van der Waals surface area contributed by atoms with Crippen LogP contribution in [0.1, 0.15) is 22.3 Å². The lowest BCUT2D eigenvalue weighted by Crippen LogP contribution is -2.32. The van der Waals surface area contributed by atoms with Crippen LogP contribution in [-0.2, 0) is 4.79 Å². The van der Waals surface area contributed by atoms with Gasteiger partial charge in [0.1, 0.15) is 0 Å². The van der Waals surface area contributed by atoms with Crippen molar-refractivity contribution in [3.05, 3.63) is 59.7 Å². The normalized spacial score (nSPS) is 14.3. The van der Waals surface area contributed by atoms with Crippen LogP contribution in [-0.4, -0.2) is 57.1 Å². The molecule has 0 bridgehead atoms. The Labute approximate surface area is 176 Å². The molecule has 1 aliphatic heterocycles. The van der Waals surface area contributed by atoms with Crippen LogP contribution in [0.4, 0.5) is 5.69 Å². The maximum Gasteiger partial charge on any atom is 0.255 e. The van der Waals surface area contributed by atoms with Crippen molar-refractivity contribution >= 4 is 23.6 Å². The van der Waals surface area contributed by atoms with E-state index in [1.165, 1.54) is 7.11 Å². The summed E-state index contributed by atoms with van der Waals surface area (Å²) < 4.78 is 10.5. The van der Waals surface area contributed by atoms with Gasteiger partial charge in [0.15, 0.2) is 11.5 Å². The van der Waals surface area contributed by atoms with Gasteiger partial charge in [-0.25, -0.2) is 0 Å². The quantitative estimate of drug-likeness (QED) is 0.718. The molecule has 2 aromatic rings. The van der Waals surface area contributed by atoms with Crippen LogP contribution in [0.5, 0.6) is 11.5 Å². The van der Waals surface area contributed by atoms with Crippen molar-refractivity contribution in [2.75, 3.05) is 45.7 Å². The van der Waals surface area contributed by atoms with Gasteiger partial charge < -0.3 is 25.0 Å². The minimum atomic E-state index is -0.259. The first-order chi connectivity index (χ1) is 14.6. The van der Waals surface area contributed by atoms with Crippen LogP contribution < -0.4 is 20.1 Å². The Hall–Kier alpha value is -3.32. The summed E-state index contributed by atoms with van der Waals surface area (Å²) >= 11 is 0. The molecular weight excluding hydrogens is 382 g/mol. The van der Waals surface area contributed by atoms with Crippen LogP contribution in [0.25, 0.3) is 6.08 Å². The molecular formula is C23H27N3O4. The average molecular weight is 409 g/mol. The second kappa shape index (κ2) is 10.5. The van der Waals surface area contributed by atoms with Gasteiger partial charge in [0.2, 0.25) is 5.91 Å². The number of hydrogen-bond acceptors (Lipinski definition) is 5. The molecule has 1 saturated heterocycles. The van der Waals surface area contributed by atoms with Gasteiger partial charge in [-0.1, -0.05) is 12.1 Å². The van der Waals surface area contributed by atoms with E-state index in [2.05, 4.69) is 10.6 Å². The average Bonchev–Trinajstić information content (AvgIpc) is 3.07. The molecule has 0 unspecified atom stereocenters. The van der Waals surface area contributed by atoms with E-state index in [1.807, 2.05) is 23.1 Å². The Kier molecular flexibility index (Phi) is 7.45. The molecule has 0 saturated carbocycles. The lowest BCUT2D eigenvalue weighted by Gasteiger charge is -2.17. The molecule has 1 fully saturated rings. The maximum absolute atomic E-state index is 12.6. The monoisotopic (exact) mass is 409 g/mol. The molecule has 2 aromatic carbocycles. The van der Waals surface area contributed by atoms with Crippen molar-refractivity contribution in [2.24, 2.45) is 0 Å². The van der Waals surface area contributed by atoms with Crippen molar-refractivity contribution < 1.29 is 19.1 Å². The second-order valence-corrected chi connectivity index (χ2v) is 6.91. The van der Waals surface area contributed by atoms with Gasteiger partial charge in [-0.05, 0) is 54.9 Å². The Morgan fingerprint density at radius 3 is 2.67 bits per heavy atom. The highest BCUT2D eigenvalue weighted by Gasteiger charge is 2.13. The number of hydrogen-bond donors (Lipinski definition) is 2.